The van der Waals surface area contributed by atoms with Crippen LogP contribution < -0.4 is 10.1 Å². The van der Waals surface area contributed by atoms with Gasteiger partial charge in [-0.3, -0.25) is 9.59 Å². The van der Waals surface area contributed by atoms with E-state index in [-0.39, 0.29) is 17.6 Å². The monoisotopic (exact) mass is 552 g/mol. The van der Waals surface area contributed by atoms with Crippen molar-refractivity contribution in [1.29, 1.82) is 0 Å². The summed E-state index contributed by atoms with van der Waals surface area (Å²) in [5.74, 6) is 0.359. The van der Waals surface area contributed by atoms with Crippen LogP contribution in [0.4, 0.5) is 5.69 Å². The van der Waals surface area contributed by atoms with Crippen molar-refractivity contribution in [3.8, 4) is 17.1 Å². The number of imidazole rings is 1. The number of anilines is 1. The smallest absolute Gasteiger partial charge is 0.278 e. The van der Waals surface area contributed by atoms with E-state index in [1.54, 1.807) is 48.9 Å². The minimum atomic E-state index is -0.471. The molecule has 5 aromatic rings. The molecule has 0 radical (unpaired) electrons. The van der Waals surface area contributed by atoms with E-state index in [0.717, 1.165) is 11.1 Å². The second-order valence-electron chi connectivity index (χ2n) is 9.51. The molecule has 1 N–H and O–H groups in total. The van der Waals surface area contributed by atoms with Gasteiger partial charge in [-0.25, -0.2) is 9.97 Å². The molecule has 0 spiro atoms. The van der Waals surface area contributed by atoms with Crippen LogP contribution in [0.15, 0.2) is 96.3 Å². The molecule has 1 aliphatic rings. The van der Waals surface area contributed by atoms with Crippen LogP contribution in [0, 0.1) is 0 Å². The Labute approximate surface area is 235 Å². The molecule has 0 fully saturated rings. The highest BCUT2D eigenvalue weighted by Crippen LogP contribution is 2.39. The molecule has 8 nitrogen and oxygen atoms in total. The van der Waals surface area contributed by atoms with E-state index in [9.17, 15) is 9.59 Å². The highest BCUT2D eigenvalue weighted by Gasteiger charge is 2.27. The predicted octanol–water partition coefficient (Wildman–Crippen LogP) is 6.78. The summed E-state index contributed by atoms with van der Waals surface area (Å²) in [7, 11) is 0. The minimum Gasteiger partial charge on any atom is -0.482 e. The molecule has 1 atom stereocenters. The molecule has 0 saturated heterocycles. The van der Waals surface area contributed by atoms with E-state index in [1.807, 2.05) is 41.1 Å². The fraction of sp³-hybridized carbons (Fsp3) is 0.161. The van der Waals surface area contributed by atoms with Gasteiger partial charge in [0.15, 0.2) is 23.6 Å². The molecule has 1 aliphatic carbocycles. The highest BCUT2D eigenvalue weighted by molar-refractivity contribution is 6.30. The number of ether oxygens (including phenoxy) is 1. The van der Waals surface area contributed by atoms with Crippen molar-refractivity contribution in [3.05, 3.63) is 119 Å². The van der Waals surface area contributed by atoms with Crippen LogP contribution in [0.2, 0.25) is 5.02 Å². The number of carbonyl (C=O) groups is 2. The van der Waals surface area contributed by atoms with Crippen LogP contribution in [0.25, 0.3) is 11.3 Å². The van der Waals surface area contributed by atoms with Crippen LogP contribution in [0.3, 0.4) is 0 Å². The molecule has 2 heterocycles. The third-order valence-electron chi connectivity index (χ3n) is 6.91. The van der Waals surface area contributed by atoms with E-state index in [0.29, 0.717) is 59.2 Å². The first kappa shape index (κ1) is 25.6. The van der Waals surface area contributed by atoms with Gasteiger partial charge in [-0.15, -0.1) is 0 Å². The average molecular weight is 553 g/mol. The number of hydrogen-bond donors (Lipinski definition) is 1. The summed E-state index contributed by atoms with van der Waals surface area (Å²) < 4.78 is 14.1. The predicted molar refractivity (Wildman–Crippen MR) is 151 cm³/mol. The van der Waals surface area contributed by atoms with E-state index < -0.39 is 5.91 Å². The number of benzene rings is 3. The maximum Gasteiger partial charge on any atom is 0.278 e. The van der Waals surface area contributed by atoms with E-state index in [2.05, 4.69) is 15.3 Å². The summed E-state index contributed by atoms with van der Waals surface area (Å²) in [6, 6.07) is 20.4. The fourth-order valence-electron chi connectivity index (χ4n) is 4.95. The maximum atomic E-state index is 13.7. The number of carbonyl (C=O) groups excluding carboxylic acids is 2. The first-order valence-corrected chi connectivity index (χ1v) is 13.3. The van der Waals surface area contributed by atoms with Crippen molar-refractivity contribution in [2.24, 2.45) is 0 Å². The maximum absolute atomic E-state index is 13.7. The van der Waals surface area contributed by atoms with E-state index in [4.69, 9.17) is 20.8 Å². The Morgan fingerprint density at radius 1 is 1.07 bits per heavy atom. The Kier molecular flexibility index (Phi) is 7.16. The number of amides is 1. The lowest BCUT2D eigenvalue weighted by atomic mass is 9.89. The van der Waals surface area contributed by atoms with Crippen molar-refractivity contribution in [3.63, 3.8) is 0 Å². The molecule has 2 aromatic heterocycles. The number of nitrogens with one attached hydrogen (secondary N) is 1. The Morgan fingerprint density at radius 2 is 1.90 bits per heavy atom. The third kappa shape index (κ3) is 5.26. The number of halogens is 1. The average Bonchev–Trinajstić information content (AvgIpc) is 3.68. The number of Topliss-reactive ketones (excluding diaryl/α,β-unsaturated/α-hetero) is 1. The number of nitrogens with zero attached hydrogens (tertiary/aromatic N) is 3. The number of ketones is 1. The van der Waals surface area contributed by atoms with Gasteiger partial charge in [0, 0.05) is 35.0 Å². The van der Waals surface area contributed by atoms with Crippen LogP contribution in [-0.2, 0) is 13.0 Å². The number of aromatic nitrogens is 3. The lowest BCUT2D eigenvalue weighted by Gasteiger charge is -2.25. The lowest BCUT2D eigenvalue weighted by Crippen LogP contribution is -2.21. The number of hydrogen-bond acceptors (Lipinski definition) is 6. The van der Waals surface area contributed by atoms with Crippen LogP contribution in [0.5, 0.6) is 5.75 Å². The van der Waals surface area contributed by atoms with Crippen molar-refractivity contribution < 1.29 is 18.7 Å². The zero-order chi connectivity index (χ0) is 27.5. The summed E-state index contributed by atoms with van der Waals surface area (Å²) in [5, 5.41) is 3.58. The molecule has 6 rings (SSSR count). The molecule has 0 bridgehead atoms. The first-order chi connectivity index (χ1) is 19.6. The summed E-state index contributed by atoms with van der Waals surface area (Å²) >= 11 is 6.04. The van der Waals surface area contributed by atoms with Crippen LogP contribution in [-0.4, -0.2) is 26.2 Å². The van der Waals surface area contributed by atoms with E-state index >= 15 is 0 Å². The molecule has 200 valence electrons. The van der Waals surface area contributed by atoms with Gasteiger partial charge in [0.1, 0.15) is 11.9 Å². The number of oxazole rings is 1. The topological polar surface area (TPSA) is 99.2 Å². The van der Waals surface area contributed by atoms with Gasteiger partial charge < -0.3 is 19.0 Å². The quantitative estimate of drug-likeness (QED) is 0.228. The van der Waals surface area contributed by atoms with Crippen molar-refractivity contribution in [1.82, 2.24) is 14.5 Å². The molecular formula is C31H25ClN4O4. The molecular weight excluding hydrogens is 528 g/mol. The molecule has 0 aliphatic heterocycles. The van der Waals surface area contributed by atoms with Crippen LogP contribution >= 0.6 is 11.6 Å². The Hall–Kier alpha value is -4.69. The zero-order valence-electron chi connectivity index (χ0n) is 21.4. The summed E-state index contributed by atoms with van der Waals surface area (Å²) in [6.07, 6.45) is 7.96. The molecule has 0 unspecified atom stereocenters. The van der Waals surface area contributed by atoms with Crippen molar-refractivity contribution in [2.75, 3.05) is 5.32 Å². The number of fused-ring (bicyclic) bond motifs is 1. The summed E-state index contributed by atoms with van der Waals surface area (Å²) in [5.41, 5.74) is 3.56. The van der Waals surface area contributed by atoms with Gasteiger partial charge in [0.05, 0.1) is 18.6 Å². The Bertz CT molecular complexity index is 1650. The second kappa shape index (κ2) is 11.2. The fourth-order valence-corrected chi connectivity index (χ4v) is 5.07. The van der Waals surface area contributed by atoms with E-state index in [1.165, 1.54) is 6.39 Å². The molecule has 3 aromatic carbocycles. The van der Waals surface area contributed by atoms with Crippen molar-refractivity contribution in [2.45, 2.75) is 31.9 Å². The highest BCUT2D eigenvalue weighted by atomic mass is 35.5. The third-order valence-corrected chi connectivity index (χ3v) is 7.16. The molecule has 9 heteroatoms. The first-order valence-electron chi connectivity index (χ1n) is 12.9. The molecule has 0 saturated carbocycles. The lowest BCUT2D eigenvalue weighted by molar-refractivity contribution is 0.0969. The van der Waals surface area contributed by atoms with Crippen LogP contribution in [0.1, 0.15) is 50.9 Å². The zero-order valence-corrected chi connectivity index (χ0v) is 22.2. The van der Waals surface area contributed by atoms with Gasteiger partial charge in [-0.2, -0.15) is 0 Å². The Morgan fingerprint density at radius 3 is 2.67 bits per heavy atom. The van der Waals surface area contributed by atoms with Gasteiger partial charge in [-0.1, -0.05) is 41.9 Å². The molecule has 1 amide bonds. The largest absolute Gasteiger partial charge is 0.482 e. The Balaban J connectivity index is 1.38. The van der Waals surface area contributed by atoms with Crippen molar-refractivity contribution >= 4 is 29.0 Å². The second-order valence-corrected chi connectivity index (χ2v) is 9.95. The van der Waals surface area contributed by atoms with Gasteiger partial charge in [0.2, 0.25) is 0 Å². The summed E-state index contributed by atoms with van der Waals surface area (Å²) in [4.78, 5) is 34.8. The van der Waals surface area contributed by atoms with Gasteiger partial charge >= 0.3 is 0 Å². The minimum absolute atomic E-state index is 0.0459. The number of rotatable bonds is 8. The SMILES string of the molecule is O=C1CCCc2c1ccc(O[C@H](Cn1ccnc1)c1ccccc1)c2NC(=O)c1ncoc1-c1ccc(Cl)cc1. The van der Waals surface area contributed by atoms with Gasteiger partial charge in [0.25, 0.3) is 5.91 Å². The standard InChI is InChI=1S/C31H25ClN4O4/c32-22-11-9-21(10-12-22)30-29(34-19-39-30)31(38)35-28-24-7-4-8-25(37)23(24)13-14-26(28)40-27(17-36-16-15-33-18-36)20-5-2-1-3-6-20/h1-3,5-6,9-16,18-19,27H,4,7-8,17H2,(H,35,38)/t27-/m1/s1. The summed E-state index contributed by atoms with van der Waals surface area (Å²) in [6.45, 7) is 0.497. The molecule has 40 heavy (non-hydrogen) atoms. The van der Waals surface area contributed by atoms with Gasteiger partial charge in [-0.05, 0) is 60.4 Å². The normalized spacial score (nSPS) is 13.5.